The highest BCUT2D eigenvalue weighted by atomic mass is 32.1. The third-order valence-corrected chi connectivity index (χ3v) is 4.20. The SMILES string of the molecule is CN1CCOC(CNc2nc(-c3ccccc3)cs2)C1. The number of likely N-dealkylation sites (N-methyl/N-ethyl adjacent to an activating group) is 1. The maximum atomic E-state index is 5.73. The number of morpholine rings is 1. The Hall–Kier alpha value is -1.43. The average molecular weight is 289 g/mol. The molecule has 5 heteroatoms. The smallest absolute Gasteiger partial charge is 0.183 e. The highest BCUT2D eigenvalue weighted by molar-refractivity contribution is 7.14. The van der Waals surface area contributed by atoms with Gasteiger partial charge >= 0.3 is 0 Å². The summed E-state index contributed by atoms with van der Waals surface area (Å²) >= 11 is 1.64. The van der Waals surface area contributed by atoms with Crippen molar-refractivity contribution < 1.29 is 4.74 Å². The molecule has 20 heavy (non-hydrogen) atoms. The second-order valence-corrected chi connectivity index (χ2v) is 5.90. The van der Waals surface area contributed by atoms with Crippen LogP contribution in [-0.2, 0) is 4.74 Å². The number of hydrogen-bond donors (Lipinski definition) is 1. The predicted molar refractivity (Wildman–Crippen MR) is 83.3 cm³/mol. The van der Waals surface area contributed by atoms with E-state index < -0.39 is 0 Å². The van der Waals surface area contributed by atoms with E-state index in [2.05, 4.69) is 39.8 Å². The summed E-state index contributed by atoms with van der Waals surface area (Å²) in [6.45, 7) is 3.62. The molecular weight excluding hydrogens is 270 g/mol. The molecule has 1 N–H and O–H groups in total. The fraction of sp³-hybridized carbons (Fsp3) is 0.400. The maximum Gasteiger partial charge on any atom is 0.183 e. The zero-order chi connectivity index (χ0) is 13.8. The zero-order valence-electron chi connectivity index (χ0n) is 11.6. The Morgan fingerprint density at radius 3 is 3.05 bits per heavy atom. The molecular formula is C15H19N3OS. The van der Waals surface area contributed by atoms with Crippen molar-refractivity contribution >= 4 is 16.5 Å². The second-order valence-electron chi connectivity index (χ2n) is 5.04. The molecule has 0 aliphatic carbocycles. The Kier molecular flexibility index (Phi) is 4.30. The van der Waals surface area contributed by atoms with Crippen molar-refractivity contribution in [3.05, 3.63) is 35.7 Å². The minimum absolute atomic E-state index is 0.248. The van der Waals surface area contributed by atoms with Gasteiger partial charge in [-0.2, -0.15) is 0 Å². The monoisotopic (exact) mass is 289 g/mol. The van der Waals surface area contributed by atoms with Crippen LogP contribution in [-0.4, -0.2) is 49.3 Å². The molecule has 0 saturated carbocycles. The summed E-state index contributed by atoms with van der Waals surface area (Å²) in [6, 6.07) is 10.3. The van der Waals surface area contributed by atoms with Crippen molar-refractivity contribution in [3.63, 3.8) is 0 Å². The molecule has 4 nitrogen and oxygen atoms in total. The molecule has 1 unspecified atom stereocenters. The fourth-order valence-electron chi connectivity index (χ4n) is 2.29. The van der Waals surface area contributed by atoms with Crippen LogP contribution in [0.5, 0.6) is 0 Å². The lowest BCUT2D eigenvalue weighted by molar-refractivity contribution is -0.0117. The molecule has 0 radical (unpaired) electrons. The van der Waals surface area contributed by atoms with E-state index in [0.29, 0.717) is 0 Å². The van der Waals surface area contributed by atoms with Crippen molar-refractivity contribution in [1.82, 2.24) is 9.88 Å². The second kappa shape index (κ2) is 6.35. The van der Waals surface area contributed by atoms with Gasteiger partial charge in [-0.3, -0.25) is 0 Å². The molecule has 2 aromatic rings. The Labute approximate surface area is 123 Å². The molecule has 1 aliphatic rings. The van der Waals surface area contributed by atoms with Crippen molar-refractivity contribution in [2.75, 3.05) is 38.6 Å². The van der Waals surface area contributed by atoms with E-state index in [1.54, 1.807) is 11.3 Å². The molecule has 2 heterocycles. The van der Waals surface area contributed by atoms with Gasteiger partial charge in [0.25, 0.3) is 0 Å². The molecule has 3 rings (SSSR count). The highest BCUT2D eigenvalue weighted by Gasteiger charge is 2.17. The molecule has 0 spiro atoms. The van der Waals surface area contributed by atoms with Gasteiger partial charge in [0.2, 0.25) is 0 Å². The first-order valence-corrected chi connectivity index (χ1v) is 7.74. The van der Waals surface area contributed by atoms with Gasteiger partial charge in [-0.15, -0.1) is 11.3 Å². The number of rotatable bonds is 4. The summed E-state index contributed by atoms with van der Waals surface area (Å²) in [5.41, 5.74) is 2.19. The number of nitrogens with one attached hydrogen (secondary N) is 1. The van der Waals surface area contributed by atoms with E-state index >= 15 is 0 Å². The molecule has 1 aromatic heterocycles. The summed E-state index contributed by atoms with van der Waals surface area (Å²) in [4.78, 5) is 6.92. The topological polar surface area (TPSA) is 37.4 Å². The number of thiazole rings is 1. The van der Waals surface area contributed by atoms with Crippen LogP contribution in [0.25, 0.3) is 11.3 Å². The molecule has 1 atom stereocenters. The standard InChI is InChI=1S/C15H19N3OS/c1-18-7-8-19-13(10-18)9-16-15-17-14(11-20-15)12-5-3-2-4-6-12/h2-6,11,13H,7-10H2,1H3,(H,16,17). The van der Waals surface area contributed by atoms with Crippen molar-refractivity contribution in [3.8, 4) is 11.3 Å². The Balaban J connectivity index is 1.58. The summed E-state index contributed by atoms with van der Waals surface area (Å²) in [5, 5.41) is 6.43. The summed E-state index contributed by atoms with van der Waals surface area (Å²) in [6.07, 6.45) is 0.248. The average Bonchev–Trinajstić information content (AvgIpc) is 2.95. The van der Waals surface area contributed by atoms with E-state index in [1.165, 1.54) is 0 Å². The van der Waals surface area contributed by atoms with Crippen molar-refractivity contribution in [2.45, 2.75) is 6.10 Å². The predicted octanol–water partition coefficient (Wildman–Crippen LogP) is 2.55. The first-order valence-electron chi connectivity index (χ1n) is 6.86. The van der Waals surface area contributed by atoms with Gasteiger partial charge in [0, 0.05) is 30.6 Å². The number of nitrogens with zero attached hydrogens (tertiary/aromatic N) is 2. The molecule has 0 amide bonds. The zero-order valence-corrected chi connectivity index (χ0v) is 12.4. The van der Waals surface area contributed by atoms with Crippen LogP contribution in [0.3, 0.4) is 0 Å². The van der Waals surface area contributed by atoms with Crippen LogP contribution in [0.1, 0.15) is 0 Å². The number of aromatic nitrogens is 1. The minimum Gasteiger partial charge on any atom is -0.374 e. The third kappa shape index (κ3) is 3.36. The van der Waals surface area contributed by atoms with Crippen LogP contribution in [0.15, 0.2) is 35.7 Å². The van der Waals surface area contributed by atoms with E-state index in [-0.39, 0.29) is 6.10 Å². The van der Waals surface area contributed by atoms with E-state index in [1.807, 2.05) is 18.2 Å². The summed E-state index contributed by atoms with van der Waals surface area (Å²) < 4.78 is 5.73. The van der Waals surface area contributed by atoms with Gasteiger partial charge in [0.1, 0.15) is 0 Å². The molecule has 106 valence electrons. The van der Waals surface area contributed by atoms with Gasteiger partial charge in [0.05, 0.1) is 18.4 Å². The lowest BCUT2D eigenvalue weighted by atomic mass is 10.2. The number of anilines is 1. The first-order chi connectivity index (χ1) is 9.81. The van der Waals surface area contributed by atoms with Crippen LogP contribution in [0.2, 0.25) is 0 Å². The van der Waals surface area contributed by atoms with Crippen LogP contribution in [0.4, 0.5) is 5.13 Å². The fourth-order valence-corrected chi connectivity index (χ4v) is 3.02. The maximum absolute atomic E-state index is 5.73. The van der Waals surface area contributed by atoms with Gasteiger partial charge in [0.15, 0.2) is 5.13 Å². The Bertz CT molecular complexity index is 543. The Morgan fingerprint density at radius 2 is 2.25 bits per heavy atom. The van der Waals surface area contributed by atoms with E-state index in [9.17, 15) is 0 Å². The number of ether oxygens (including phenoxy) is 1. The van der Waals surface area contributed by atoms with Gasteiger partial charge in [-0.05, 0) is 7.05 Å². The molecule has 1 aliphatic heterocycles. The van der Waals surface area contributed by atoms with E-state index in [4.69, 9.17) is 4.74 Å². The molecule has 1 fully saturated rings. The van der Waals surface area contributed by atoms with E-state index in [0.717, 1.165) is 42.6 Å². The lowest BCUT2D eigenvalue weighted by Crippen LogP contribution is -2.43. The van der Waals surface area contributed by atoms with Crippen molar-refractivity contribution in [2.24, 2.45) is 0 Å². The van der Waals surface area contributed by atoms with Crippen LogP contribution < -0.4 is 5.32 Å². The number of benzene rings is 1. The largest absolute Gasteiger partial charge is 0.374 e. The van der Waals surface area contributed by atoms with Crippen molar-refractivity contribution in [1.29, 1.82) is 0 Å². The lowest BCUT2D eigenvalue weighted by Gasteiger charge is -2.29. The minimum atomic E-state index is 0.248. The molecule has 1 aromatic carbocycles. The van der Waals surface area contributed by atoms with Gasteiger partial charge in [-0.1, -0.05) is 30.3 Å². The van der Waals surface area contributed by atoms with Gasteiger partial charge < -0.3 is 15.0 Å². The molecule has 0 bridgehead atoms. The summed E-state index contributed by atoms with van der Waals surface area (Å²) in [5.74, 6) is 0. The third-order valence-electron chi connectivity index (χ3n) is 3.40. The molecule has 1 saturated heterocycles. The highest BCUT2D eigenvalue weighted by Crippen LogP contribution is 2.24. The Morgan fingerprint density at radius 1 is 1.40 bits per heavy atom. The summed E-state index contributed by atoms with van der Waals surface area (Å²) in [7, 11) is 2.13. The first kappa shape index (κ1) is 13.5. The van der Waals surface area contributed by atoms with Gasteiger partial charge in [-0.25, -0.2) is 4.98 Å². The van der Waals surface area contributed by atoms with Crippen LogP contribution in [0, 0.1) is 0 Å². The van der Waals surface area contributed by atoms with Crippen LogP contribution >= 0.6 is 11.3 Å². The normalized spacial score (nSPS) is 19.9. The number of hydrogen-bond acceptors (Lipinski definition) is 5. The quantitative estimate of drug-likeness (QED) is 0.938.